The van der Waals surface area contributed by atoms with Gasteiger partial charge in [0.2, 0.25) is 5.91 Å². The lowest BCUT2D eigenvalue weighted by atomic mass is 10.2. The molecular weight excluding hydrogens is 289 g/mol. The molecule has 0 aromatic heterocycles. The van der Waals surface area contributed by atoms with Gasteiger partial charge >= 0.3 is 0 Å². The van der Waals surface area contributed by atoms with Gasteiger partial charge in [-0.3, -0.25) is 4.79 Å². The fourth-order valence-corrected chi connectivity index (χ4v) is 2.47. The van der Waals surface area contributed by atoms with Crippen molar-refractivity contribution >= 4 is 34.2 Å². The number of nitrogens with zero attached hydrogens (tertiary/aromatic N) is 1. The largest absolute Gasteiger partial charge is 0.312 e. The molecule has 14 heavy (non-hydrogen) atoms. The summed E-state index contributed by atoms with van der Waals surface area (Å²) in [4.78, 5) is 13.4. The summed E-state index contributed by atoms with van der Waals surface area (Å²) in [5.74, 6) is 0.259. The van der Waals surface area contributed by atoms with Crippen molar-refractivity contribution in [2.75, 3.05) is 11.4 Å². The third-order valence-electron chi connectivity index (χ3n) is 2.52. The van der Waals surface area contributed by atoms with Crippen molar-refractivity contribution in [1.82, 2.24) is 0 Å². The predicted molar refractivity (Wildman–Crippen MR) is 65.5 cm³/mol. The third-order valence-corrected chi connectivity index (χ3v) is 3.19. The molecule has 1 heterocycles. The van der Waals surface area contributed by atoms with Gasteiger partial charge in [-0.05, 0) is 59.7 Å². The fourth-order valence-electron chi connectivity index (χ4n) is 1.82. The van der Waals surface area contributed by atoms with Crippen LogP contribution in [0.3, 0.4) is 0 Å². The highest BCUT2D eigenvalue weighted by molar-refractivity contribution is 14.1. The fraction of sp³-hybridized carbons (Fsp3) is 0.364. The van der Waals surface area contributed by atoms with Crippen LogP contribution in [0, 0.1) is 10.5 Å². The Kier molecular flexibility index (Phi) is 2.76. The van der Waals surface area contributed by atoms with E-state index < -0.39 is 0 Å². The second-order valence-electron chi connectivity index (χ2n) is 3.58. The van der Waals surface area contributed by atoms with Gasteiger partial charge in [0.15, 0.2) is 0 Å². The van der Waals surface area contributed by atoms with Crippen molar-refractivity contribution in [2.24, 2.45) is 0 Å². The molecule has 0 N–H and O–H groups in total. The minimum absolute atomic E-state index is 0.259. The third kappa shape index (κ3) is 1.78. The molecule has 3 heteroatoms. The van der Waals surface area contributed by atoms with Crippen molar-refractivity contribution in [3.8, 4) is 0 Å². The Morgan fingerprint density at radius 3 is 2.79 bits per heavy atom. The summed E-state index contributed by atoms with van der Waals surface area (Å²) in [5, 5.41) is 0. The lowest BCUT2D eigenvalue weighted by molar-refractivity contribution is -0.117. The van der Waals surface area contributed by atoms with E-state index in [1.54, 1.807) is 0 Å². The van der Waals surface area contributed by atoms with Crippen LogP contribution in [0.15, 0.2) is 18.2 Å². The van der Waals surface area contributed by atoms with Crippen LogP contribution in [-0.2, 0) is 4.79 Å². The van der Waals surface area contributed by atoms with Crippen LogP contribution in [0.4, 0.5) is 5.69 Å². The Hall–Kier alpha value is -0.580. The van der Waals surface area contributed by atoms with E-state index >= 15 is 0 Å². The average Bonchev–Trinajstić information content (AvgIpc) is 2.52. The van der Waals surface area contributed by atoms with E-state index in [1.165, 1.54) is 9.13 Å². The molecule has 1 aliphatic heterocycles. The van der Waals surface area contributed by atoms with Crippen molar-refractivity contribution in [3.63, 3.8) is 0 Å². The summed E-state index contributed by atoms with van der Waals surface area (Å²) >= 11 is 2.29. The Morgan fingerprint density at radius 1 is 1.43 bits per heavy atom. The standard InChI is InChI=1S/C11H12INO/c1-8-7-9(12)4-5-10(8)13-6-2-3-11(13)14/h4-5,7H,2-3,6H2,1H3. The van der Waals surface area contributed by atoms with Gasteiger partial charge in [0, 0.05) is 22.2 Å². The van der Waals surface area contributed by atoms with E-state index in [4.69, 9.17) is 0 Å². The Balaban J connectivity index is 2.36. The molecule has 0 unspecified atom stereocenters. The lowest BCUT2D eigenvalue weighted by Crippen LogP contribution is -2.24. The van der Waals surface area contributed by atoms with E-state index in [9.17, 15) is 4.79 Å². The van der Waals surface area contributed by atoms with Gasteiger partial charge in [0.25, 0.3) is 0 Å². The van der Waals surface area contributed by atoms with Crippen molar-refractivity contribution < 1.29 is 4.79 Å². The number of hydrogen-bond donors (Lipinski definition) is 0. The Morgan fingerprint density at radius 2 is 2.21 bits per heavy atom. The smallest absolute Gasteiger partial charge is 0.227 e. The summed E-state index contributed by atoms with van der Waals surface area (Å²) in [5.41, 5.74) is 2.26. The predicted octanol–water partition coefficient (Wildman–Crippen LogP) is 2.73. The lowest BCUT2D eigenvalue weighted by Gasteiger charge is -2.18. The van der Waals surface area contributed by atoms with Gasteiger partial charge in [0.1, 0.15) is 0 Å². The molecule has 2 rings (SSSR count). The zero-order chi connectivity index (χ0) is 10.1. The number of amides is 1. The zero-order valence-corrected chi connectivity index (χ0v) is 10.2. The molecule has 1 amide bonds. The van der Waals surface area contributed by atoms with Gasteiger partial charge in [-0.1, -0.05) is 0 Å². The molecule has 0 saturated carbocycles. The van der Waals surface area contributed by atoms with Gasteiger partial charge < -0.3 is 4.90 Å². The van der Waals surface area contributed by atoms with E-state index in [2.05, 4.69) is 41.6 Å². The van der Waals surface area contributed by atoms with E-state index in [0.29, 0.717) is 6.42 Å². The van der Waals surface area contributed by atoms with Crippen molar-refractivity contribution in [2.45, 2.75) is 19.8 Å². The summed E-state index contributed by atoms with van der Waals surface area (Å²) in [6, 6.07) is 6.20. The van der Waals surface area contributed by atoms with Gasteiger partial charge in [-0.15, -0.1) is 0 Å². The first-order valence-electron chi connectivity index (χ1n) is 4.75. The molecule has 0 atom stereocenters. The van der Waals surface area contributed by atoms with Crippen LogP contribution in [0.2, 0.25) is 0 Å². The molecule has 1 aliphatic rings. The molecule has 1 aromatic carbocycles. The molecule has 1 fully saturated rings. The summed E-state index contributed by atoms with van der Waals surface area (Å²) < 4.78 is 1.22. The average molecular weight is 301 g/mol. The molecule has 2 nitrogen and oxygen atoms in total. The number of carbonyl (C=O) groups is 1. The molecule has 0 bridgehead atoms. The number of aryl methyl sites for hydroxylation is 1. The number of halogens is 1. The quantitative estimate of drug-likeness (QED) is 0.730. The molecule has 0 spiro atoms. The number of anilines is 1. The molecular formula is C11H12INO. The highest BCUT2D eigenvalue weighted by Crippen LogP contribution is 2.26. The monoisotopic (exact) mass is 301 g/mol. The minimum Gasteiger partial charge on any atom is -0.312 e. The van der Waals surface area contributed by atoms with Crippen molar-refractivity contribution in [3.05, 3.63) is 27.3 Å². The highest BCUT2D eigenvalue weighted by Gasteiger charge is 2.22. The van der Waals surface area contributed by atoms with Crippen LogP contribution >= 0.6 is 22.6 Å². The maximum atomic E-state index is 11.5. The maximum absolute atomic E-state index is 11.5. The number of benzene rings is 1. The molecule has 0 aliphatic carbocycles. The second kappa shape index (κ2) is 3.88. The van der Waals surface area contributed by atoms with E-state index in [-0.39, 0.29) is 5.91 Å². The SMILES string of the molecule is Cc1cc(I)ccc1N1CCCC1=O. The normalized spacial score (nSPS) is 16.4. The van der Waals surface area contributed by atoms with Crippen LogP contribution in [0.5, 0.6) is 0 Å². The molecule has 1 aromatic rings. The Labute approximate surface area is 97.4 Å². The first kappa shape index (κ1) is 9.96. The van der Waals surface area contributed by atoms with Crippen LogP contribution in [0.1, 0.15) is 18.4 Å². The topological polar surface area (TPSA) is 20.3 Å². The Bertz CT molecular complexity index is 376. The first-order chi connectivity index (χ1) is 6.68. The summed E-state index contributed by atoms with van der Waals surface area (Å²) in [6.45, 7) is 2.93. The first-order valence-corrected chi connectivity index (χ1v) is 5.83. The van der Waals surface area contributed by atoms with Gasteiger partial charge in [0.05, 0.1) is 0 Å². The molecule has 74 valence electrons. The van der Waals surface area contributed by atoms with E-state index in [0.717, 1.165) is 18.7 Å². The number of rotatable bonds is 1. The minimum atomic E-state index is 0.259. The highest BCUT2D eigenvalue weighted by atomic mass is 127. The van der Waals surface area contributed by atoms with Crippen LogP contribution in [0.25, 0.3) is 0 Å². The molecule has 1 saturated heterocycles. The van der Waals surface area contributed by atoms with Gasteiger partial charge in [-0.2, -0.15) is 0 Å². The zero-order valence-electron chi connectivity index (χ0n) is 8.09. The maximum Gasteiger partial charge on any atom is 0.227 e. The second-order valence-corrected chi connectivity index (χ2v) is 4.83. The van der Waals surface area contributed by atoms with Crippen LogP contribution in [-0.4, -0.2) is 12.5 Å². The number of carbonyl (C=O) groups excluding carboxylic acids is 1. The van der Waals surface area contributed by atoms with Gasteiger partial charge in [-0.25, -0.2) is 0 Å². The molecule has 0 radical (unpaired) electrons. The summed E-state index contributed by atoms with van der Waals surface area (Å²) in [7, 11) is 0. The summed E-state index contributed by atoms with van der Waals surface area (Å²) in [6.07, 6.45) is 1.69. The van der Waals surface area contributed by atoms with E-state index in [1.807, 2.05) is 11.0 Å². The van der Waals surface area contributed by atoms with Crippen molar-refractivity contribution in [1.29, 1.82) is 0 Å². The number of hydrogen-bond acceptors (Lipinski definition) is 1. The van der Waals surface area contributed by atoms with Crippen LogP contribution < -0.4 is 4.90 Å².